The smallest absolute Gasteiger partial charge is 0.340 e. The number of aromatic nitrogens is 1. The van der Waals surface area contributed by atoms with Gasteiger partial charge in [-0.05, 0) is 36.2 Å². The summed E-state index contributed by atoms with van der Waals surface area (Å²) in [6.07, 6.45) is 1.56. The maximum Gasteiger partial charge on any atom is 0.340 e. The Morgan fingerprint density at radius 3 is 2.72 bits per heavy atom. The Bertz CT molecular complexity index is 1380. The van der Waals surface area contributed by atoms with Crippen LogP contribution in [0.2, 0.25) is 0 Å². The van der Waals surface area contributed by atoms with E-state index >= 15 is 0 Å². The monoisotopic (exact) mass is 434 g/mol. The van der Waals surface area contributed by atoms with E-state index in [4.69, 9.17) is 9.15 Å². The molecule has 2 heterocycles. The van der Waals surface area contributed by atoms with Gasteiger partial charge in [0.2, 0.25) is 5.91 Å². The van der Waals surface area contributed by atoms with E-state index in [1.807, 2.05) is 24.3 Å². The van der Waals surface area contributed by atoms with E-state index in [0.29, 0.717) is 22.3 Å². The fourth-order valence-electron chi connectivity index (χ4n) is 3.83. The van der Waals surface area contributed by atoms with Crippen molar-refractivity contribution in [3.8, 4) is 5.75 Å². The molecule has 0 spiro atoms. The molecule has 4 rings (SSSR count). The second-order valence-electron chi connectivity index (χ2n) is 7.55. The predicted octanol–water partition coefficient (Wildman–Crippen LogP) is 2.95. The summed E-state index contributed by atoms with van der Waals surface area (Å²) in [5, 5.41) is 13.8. The van der Waals surface area contributed by atoms with Crippen LogP contribution in [0.5, 0.6) is 5.75 Å². The Labute approximate surface area is 182 Å². The number of hydrogen-bond acceptors (Lipinski definition) is 5. The first-order valence-corrected chi connectivity index (χ1v) is 10.0. The maximum atomic E-state index is 12.7. The number of H-pyrrole nitrogens is 1. The number of hydrogen-bond donors (Lipinski definition) is 3. The van der Waals surface area contributed by atoms with Gasteiger partial charge in [0.15, 0.2) is 0 Å². The van der Waals surface area contributed by atoms with Crippen LogP contribution in [0.1, 0.15) is 16.7 Å². The zero-order chi connectivity index (χ0) is 22.8. The highest BCUT2D eigenvalue weighted by Gasteiger charge is 2.23. The topological polar surface area (TPSA) is 122 Å². The molecule has 2 aromatic carbocycles. The van der Waals surface area contributed by atoms with E-state index < -0.39 is 23.5 Å². The van der Waals surface area contributed by atoms with E-state index in [0.717, 1.165) is 16.5 Å². The first-order valence-electron chi connectivity index (χ1n) is 10.0. The van der Waals surface area contributed by atoms with Crippen LogP contribution in [-0.2, 0) is 22.4 Å². The molecule has 0 saturated heterocycles. The highest BCUT2D eigenvalue weighted by atomic mass is 16.5. The van der Waals surface area contributed by atoms with Crippen LogP contribution in [0.25, 0.3) is 21.9 Å². The van der Waals surface area contributed by atoms with Crippen LogP contribution >= 0.6 is 0 Å². The summed E-state index contributed by atoms with van der Waals surface area (Å²) in [5.41, 5.74) is 2.19. The van der Waals surface area contributed by atoms with Gasteiger partial charge in [-0.3, -0.25) is 4.79 Å². The number of rotatable bonds is 7. The summed E-state index contributed by atoms with van der Waals surface area (Å²) in [6, 6.07) is 11.5. The average molecular weight is 434 g/mol. The molecule has 8 nitrogen and oxygen atoms in total. The molecule has 3 N–H and O–H groups in total. The van der Waals surface area contributed by atoms with Gasteiger partial charge < -0.3 is 24.6 Å². The molecule has 164 valence electrons. The molecule has 2 aromatic heterocycles. The average Bonchev–Trinajstić information content (AvgIpc) is 3.18. The zero-order valence-corrected chi connectivity index (χ0v) is 17.6. The van der Waals surface area contributed by atoms with Gasteiger partial charge >= 0.3 is 11.6 Å². The summed E-state index contributed by atoms with van der Waals surface area (Å²) >= 11 is 0. The van der Waals surface area contributed by atoms with Crippen molar-refractivity contribution < 1.29 is 23.8 Å². The van der Waals surface area contributed by atoms with Crippen LogP contribution in [-0.4, -0.2) is 35.1 Å². The Kier molecular flexibility index (Phi) is 5.68. The normalized spacial score (nSPS) is 12.1. The second kappa shape index (κ2) is 8.58. The fourth-order valence-corrected chi connectivity index (χ4v) is 3.83. The molecule has 0 aliphatic heterocycles. The van der Waals surface area contributed by atoms with Crippen molar-refractivity contribution in [3.05, 3.63) is 75.8 Å². The number of benzene rings is 2. The van der Waals surface area contributed by atoms with E-state index in [2.05, 4.69) is 10.3 Å². The lowest BCUT2D eigenvalue weighted by atomic mass is 10.0. The van der Waals surface area contributed by atoms with E-state index in [1.54, 1.807) is 31.3 Å². The van der Waals surface area contributed by atoms with E-state index in [9.17, 15) is 19.5 Å². The minimum Gasteiger partial charge on any atom is -0.497 e. The van der Waals surface area contributed by atoms with Gasteiger partial charge in [0.1, 0.15) is 17.4 Å². The Balaban J connectivity index is 1.55. The summed E-state index contributed by atoms with van der Waals surface area (Å²) in [6.45, 7) is 1.73. The highest BCUT2D eigenvalue weighted by Crippen LogP contribution is 2.24. The molecule has 1 amide bonds. The van der Waals surface area contributed by atoms with Crippen LogP contribution in [0.3, 0.4) is 0 Å². The van der Waals surface area contributed by atoms with Gasteiger partial charge in [-0.1, -0.05) is 18.2 Å². The molecule has 4 aromatic rings. The van der Waals surface area contributed by atoms with Gasteiger partial charge in [0.25, 0.3) is 0 Å². The lowest BCUT2D eigenvalue weighted by molar-refractivity contribution is -0.141. The SMILES string of the molecule is COc1ccc2c(C)c(CC(=O)NC(Cc3c[nH]c4ccccc34)C(=O)O)c(=O)oc2c1. The first kappa shape index (κ1) is 21.2. The third-order valence-electron chi connectivity index (χ3n) is 5.56. The number of aliphatic carboxylic acids is 1. The zero-order valence-electron chi connectivity index (χ0n) is 17.6. The van der Waals surface area contributed by atoms with Crippen LogP contribution in [0.15, 0.2) is 57.9 Å². The fraction of sp³-hybridized carbons (Fsp3) is 0.208. The summed E-state index contributed by atoms with van der Waals surface area (Å²) < 4.78 is 10.5. The number of carboxylic acids is 1. The number of fused-ring (bicyclic) bond motifs is 2. The van der Waals surface area contributed by atoms with Gasteiger partial charge in [0.05, 0.1) is 19.1 Å². The molecular formula is C24H22N2O6. The minimum atomic E-state index is -1.15. The molecule has 0 saturated carbocycles. The molecular weight excluding hydrogens is 412 g/mol. The number of nitrogens with one attached hydrogen (secondary N) is 2. The van der Waals surface area contributed by atoms with Crippen molar-refractivity contribution in [2.75, 3.05) is 7.11 Å². The molecule has 0 fully saturated rings. The Morgan fingerprint density at radius 1 is 1.19 bits per heavy atom. The van der Waals surface area contributed by atoms with Crippen molar-refractivity contribution in [2.45, 2.75) is 25.8 Å². The molecule has 32 heavy (non-hydrogen) atoms. The lowest BCUT2D eigenvalue weighted by Crippen LogP contribution is -2.43. The van der Waals surface area contributed by atoms with Crippen molar-refractivity contribution in [2.24, 2.45) is 0 Å². The molecule has 0 aliphatic carbocycles. The third-order valence-corrected chi connectivity index (χ3v) is 5.56. The standard InChI is InChI=1S/C24H22N2O6/c1-13-16-8-7-15(31-2)10-21(16)32-24(30)18(13)11-22(27)26-20(23(28)29)9-14-12-25-19-6-4-3-5-17(14)19/h3-8,10,12,20,25H,9,11H2,1-2H3,(H,26,27)(H,28,29). The number of methoxy groups -OCH3 is 1. The Morgan fingerprint density at radius 2 is 1.97 bits per heavy atom. The number of carbonyl (C=O) groups excluding carboxylic acids is 1. The molecule has 0 bridgehead atoms. The van der Waals surface area contributed by atoms with Gasteiger partial charge in [-0.15, -0.1) is 0 Å². The van der Waals surface area contributed by atoms with Gasteiger partial charge in [0, 0.05) is 35.0 Å². The minimum absolute atomic E-state index is 0.107. The van der Waals surface area contributed by atoms with Crippen LogP contribution in [0, 0.1) is 6.92 Å². The number of carboxylic acid groups (broad SMARTS) is 1. The number of aromatic amines is 1. The second-order valence-corrected chi connectivity index (χ2v) is 7.55. The van der Waals surface area contributed by atoms with Crippen molar-refractivity contribution in [3.63, 3.8) is 0 Å². The molecule has 0 radical (unpaired) electrons. The van der Waals surface area contributed by atoms with Crippen molar-refractivity contribution in [1.29, 1.82) is 0 Å². The molecule has 8 heteroatoms. The predicted molar refractivity (Wildman–Crippen MR) is 119 cm³/mol. The highest BCUT2D eigenvalue weighted by molar-refractivity contribution is 5.89. The van der Waals surface area contributed by atoms with Crippen LogP contribution in [0.4, 0.5) is 0 Å². The third kappa shape index (κ3) is 4.07. The van der Waals surface area contributed by atoms with Crippen molar-refractivity contribution >= 4 is 33.7 Å². The quantitative estimate of drug-likeness (QED) is 0.385. The molecule has 1 atom stereocenters. The number of amides is 1. The van der Waals surface area contributed by atoms with Gasteiger partial charge in [-0.25, -0.2) is 9.59 Å². The Hall–Kier alpha value is -4.07. The lowest BCUT2D eigenvalue weighted by Gasteiger charge is -2.15. The van der Waals surface area contributed by atoms with Crippen molar-refractivity contribution in [1.82, 2.24) is 10.3 Å². The summed E-state index contributed by atoms with van der Waals surface area (Å²) in [4.78, 5) is 40.1. The molecule has 1 unspecified atom stereocenters. The summed E-state index contributed by atoms with van der Waals surface area (Å²) in [7, 11) is 1.51. The largest absolute Gasteiger partial charge is 0.497 e. The first-order chi connectivity index (χ1) is 15.4. The number of para-hydroxylation sites is 1. The number of ether oxygens (including phenoxy) is 1. The van der Waals surface area contributed by atoms with E-state index in [-0.39, 0.29) is 18.4 Å². The molecule has 0 aliphatic rings. The summed E-state index contributed by atoms with van der Waals surface area (Å²) in [5.74, 6) is -1.18. The number of carbonyl (C=O) groups is 2. The van der Waals surface area contributed by atoms with Crippen LogP contribution < -0.4 is 15.7 Å². The maximum absolute atomic E-state index is 12.7. The van der Waals surface area contributed by atoms with Gasteiger partial charge in [-0.2, -0.15) is 0 Å². The van der Waals surface area contributed by atoms with E-state index in [1.165, 1.54) is 7.11 Å². The number of aryl methyl sites for hydroxylation is 1.